The minimum Gasteiger partial charge on any atom is -0.478 e. The number of aryl methyl sites for hydroxylation is 3. The quantitative estimate of drug-likeness (QED) is 0.871. The van der Waals surface area contributed by atoms with Crippen molar-refractivity contribution in [1.29, 1.82) is 0 Å². The van der Waals surface area contributed by atoms with Crippen molar-refractivity contribution in [3.8, 4) is 0 Å². The molecule has 2 aromatic heterocycles. The Morgan fingerprint density at radius 2 is 2.10 bits per heavy atom. The number of carbonyl (C=O) groups is 2. The van der Waals surface area contributed by atoms with Gasteiger partial charge < -0.3 is 10.4 Å². The van der Waals surface area contributed by atoms with E-state index in [9.17, 15) is 9.59 Å². The SMILES string of the molecule is Cc1cc(C)n(CCC(=O)Nc2ccc(C(=O)O)cn2)n1. The maximum Gasteiger partial charge on any atom is 0.337 e. The van der Waals surface area contributed by atoms with Crippen LogP contribution in [0, 0.1) is 13.8 Å². The van der Waals surface area contributed by atoms with E-state index in [1.807, 2.05) is 19.9 Å². The smallest absolute Gasteiger partial charge is 0.337 e. The molecule has 21 heavy (non-hydrogen) atoms. The molecule has 0 fully saturated rings. The van der Waals surface area contributed by atoms with Gasteiger partial charge >= 0.3 is 5.97 Å². The van der Waals surface area contributed by atoms with Gasteiger partial charge in [-0.3, -0.25) is 9.48 Å². The lowest BCUT2D eigenvalue weighted by atomic mass is 10.3. The predicted octanol–water partition coefficient (Wildman–Crippen LogP) is 1.62. The summed E-state index contributed by atoms with van der Waals surface area (Å²) in [4.78, 5) is 26.4. The molecule has 1 amide bonds. The third-order valence-corrected chi connectivity index (χ3v) is 2.93. The molecule has 0 aliphatic carbocycles. The van der Waals surface area contributed by atoms with E-state index in [1.165, 1.54) is 18.3 Å². The van der Waals surface area contributed by atoms with Gasteiger partial charge in [-0.2, -0.15) is 5.10 Å². The number of aromatic nitrogens is 3. The van der Waals surface area contributed by atoms with Crippen molar-refractivity contribution in [2.24, 2.45) is 0 Å². The van der Waals surface area contributed by atoms with Crippen LogP contribution >= 0.6 is 0 Å². The molecule has 110 valence electrons. The fourth-order valence-corrected chi connectivity index (χ4v) is 1.91. The molecule has 2 heterocycles. The summed E-state index contributed by atoms with van der Waals surface area (Å²) in [5.74, 6) is -0.915. The molecular weight excluding hydrogens is 272 g/mol. The van der Waals surface area contributed by atoms with Gasteiger partial charge in [-0.25, -0.2) is 9.78 Å². The third kappa shape index (κ3) is 3.88. The lowest BCUT2D eigenvalue weighted by molar-refractivity contribution is -0.116. The van der Waals surface area contributed by atoms with Crippen LogP contribution in [0.3, 0.4) is 0 Å². The highest BCUT2D eigenvalue weighted by atomic mass is 16.4. The number of nitrogens with one attached hydrogen (secondary N) is 1. The molecule has 0 aliphatic rings. The predicted molar refractivity (Wildman–Crippen MR) is 76.1 cm³/mol. The third-order valence-electron chi connectivity index (χ3n) is 2.93. The fraction of sp³-hybridized carbons (Fsp3) is 0.286. The van der Waals surface area contributed by atoms with Crippen molar-refractivity contribution in [2.75, 3.05) is 5.32 Å². The first-order valence-corrected chi connectivity index (χ1v) is 6.46. The Hall–Kier alpha value is -2.70. The fourth-order valence-electron chi connectivity index (χ4n) is 1.91. The number of anilines is 1. The molecule has 7 nitrogen and oxygen atoms in total. The Balaban J connectivity index is 1.89. The average Bonchev–Trinajstić information content (AvgIpc) is 2.75. The summed E-state index contributed by atoms with van der Waals surface area (Å²) in [6.45, 7) is 4.32. The van der Waals surface area contributed by atoms with E-state index in [4.69, 9.17) is 5.11 Å². The second-order valence-corrected chi connectivity index (χ2v) is 4.69. The van der Waals surface area contributed by atoms with Crippen LogP contribution in [0.2, 0.25) is 0 Å². The van der Waals surface area contributed by atoms with E-state index in [2.05, 4.69) is 15.4 Å². The number of amides is 1. The largest absolute Gasteiger partial charge is 0.478 e. The zero-order chi connectivity index (χ0) is 15.4. The Morgan fingerprint density at radius 1 is 1.33 bits per heavy atom. The molecular formula is C14H16N4O3. The van der Waals surface area contributed by atoms with Gasteiger partial charge in [0, 0.05) is 24.9 Å². The van der Waals surface area contributed by atoms with Gasteiger partial charge in [-0.1, -0.05) is 0 Å². The normalized spacial score (nSPS) is 10.4. The lowest BCUT2D eigenvalue weighted by Crippen LogP contribution is -2.16. The highest BCUT2D eigenvalue weighted by Crippen LogP contribution is 2.07. The Morgan fingerprint density at radius 3 is 2.62 bits per heavy atom. The number of carbonyl (C=O) groups excluding carboxylic acids is 1. The molecule has 0 unspecified atom stereocenters. The van der Waals surface area contributed by atoms with Crippen molar-refractivity contribution in [3.63, 3.8) is 0 Å². The van der Waals surface area contributed by atoms with Gasteiger partial charge in [0.05, 0.1) is 11.3 Å². The molecule has 2 N–H and O–H groups in total. The standard InChI is InChI=1S/C14H16N4O3/c1-9-7-10(2)18(17-9)6-5-13(19)16-12-4-3-11(8-15-12)14(20)21/h3-4,7-8H,5-6H2,1-2H3,(H,20,21)(H,15,16,19). The molecule has 2 aromatic rings. The number of carboxylic acid groups (broad SMARTS) is 1. The zero-order valence-electron chi connectivity index (χ0n) is 11.8. The molecule has 0 saturated carbocycles. The van der Waals surface area contributed by atoms with Crippen molar-refractivity contribution >= 4 is 17.7 Å². The van der Waals surface area contributed by atoms with E-state index in [1.54, 1.807) is 4.68 Å². The van der Waals surface area contributed by atoms with Crippen LogP contribution in [0.25, 0.3) is 0 Å². The first-order chi connectivity index (χ1) is 9.95. The van der Waals surface area contributed by atoms with Crippen LogP contribution in [-0.2, 0) is 11.3 Å². The molecule has 0 atom stereocenters. The number of hydrogen-bond donors (Lipinski definition) is 2. The monoisotopic (exact) mass is 288 g/mol. The highest BCUT2D eigenvalue weighted by molar-refractivity contribution is 5.91. The molecule has 7 heteroatoms. The number of carboxylic acids is 1. The van der Waals surface area contributed by atoms with Crippen molar-refractivity contribution in [2.45, 2.75) is 26.8 Å². The Bertz CT molecular complexity index is 661. The van der Waals surface area contributed by atoms with Gasteiger partial charge in [0.25, 0.3) is 0 Å². The summed E-state index contributed by atoms with van der Waals surface area (Å²) >= 11 is 0. The number of nitrogens with zero attached hydrogens (tertiary/aromatic N) is 3. The Kier molecular flexibility index (Phi) is 4.32. The second-order valence-electron chi connectivity index (χ2n) is 4.69. The Labute approximate surface area is 121 Å². The van der Waals surface area contributed by atoms with Crippen molar-refractivity contribution in [3.05, 3.63) is 41.3 Å². The average molecular weight is 288 g/mol. The second kappa shape index (κ2) is 6.17. The number of pyridine rings is 1. The van der Waals surface area contributed by atoms with E-state index >= 15 is 0 Å². The maximum absolute atomic E-state index is 11.8. The highest BCUT2D eigenvalue weighted by Gasteiger charge is 2.08. The topological polar surface area (TPSA) is 97.1 Å². The van der Waals surface area contributed by atoms with E-state index in [0.717, 1.165) is 11.4 Å². The summed E-state index contributed by atoms with van der Waals surface area (Å²) in [6.07, 6.45) is 1.48. The summed E-state index contributed by atoms with van der Waals surface area (Å²) in [5, 5.41) is 15.7. The van der Waals surface area contributed by atoms with Crippen LogP contribution in [-0.4, -0.2) is 31.7 Å². The van der Waals surface area contributed by atoms with E-state index < -0.39 is 5.97 Å². The van der Waals surface area contributed by atoms with Crippen LogP contribution in [0.15, 0.2) is 24.4 Å². The van der Waals surface area contributed by atoms with Crippen LogP contribution in [0.5, 0.6) is 0 Å². The van der Waals surface area contributed by atoms with E-state index in [-0.39, 0.29) is 17.9 Å². The molecule has 0 radical (unpaired) electrons. The van der Waals surface area contributed by atoms with Gasteiger partial charge in [0.2, 0.25) is 5.91 Å². The van der Waals surface area contributed by atoms with Crippen molar-refractivity contribution < 1.29 is 14.7 Å². The first-order valence-electron chi connectivity index (χ1n) is 6.46. The van der Waals surface area contributed by atoms with Gasteiger partial charge in [0.1, 0.15) is 5.82 Å². The number of aromatic carboxylic acids is 1. The van der Waals surface area contributed by atoms with Gasteiger partial charge in [-0.15, -0.1) is 0 Å². The minimum absolute atomic E-state index is 0.0793. The summed E-state index contributed by atoms with van der Waals surface area (Å²) in [7, 11) is 0. The molecule has 0 spiro atoms. The van der Waals surface area contributed by atoms with Crippen LogP contribution in [0.1, 0.15) is 28.2 Å². The maximum atomic E-state index is 11.8. The molecule has 0 aliphatic heterocycles. The van der Waals surface area contributed by atoms with Crippen molar-refractivity contribution in [1.82, 2.24) is 14.8 Å². The van der Waals surface area contributed by atoms with Crippen LogP contribution in [0.4, 0.5) is 5.82 Å². The number of rotatable bonds is 5. The molecule has 2 rings (SSSR count). The molecule has 0 aromatic carbocycles. The van der Waals surface area contributed by atoms with Crippen LogP contribution < -0.4 is 5.32 Å². The zero-order valence-corrected chi connectivity index (χ0v) is 11.8. The van der Waals surface area contributed by atoms with Gasteiger partial charge in [-0.05, 0) is 32.0 Å². The summed E-state index contributed by atoms with van der Waals surface area (Å²) in [5.41, 5.74) is 2.00. The number of hydrogen-bond acceptors (Lipinski definition) is 4. The van der Waals surface area contributed by atoms with E-state index in [0.29, 0.717) is 12.4 Å². The van der Waals surface area contributed by atoms with Gasteiger partial charge in [0.15, 0.2) is 0 Å². The first kappa shape index (κ1) is 14.7. The minimum atomic E-state index is -1.05. The molecule has 0 saturated heterocycles. The summed E-state index contributed by atoms with van der Waals surface area (Å²) < 4.78 is 1.77. The lowest BCUT2D eigenvalue weighted by Gasteiger charge is -2.06. The molecule has 0 bridgehead atoms. The summed E-state index contributed by atoms with van der Waals surface area (Å²) in [6, 6.07) is 4.81.